The van der Waals surface area contributed by atoms with Crippen LogP contribution in [0.2, 0.25) is 0 Å². The Balaban J connectivity index is 1.32. The number of carbonyl (C=O) groups excluding carboxylic acids is 1. The van der Waals surface area contributed by atoms with Crippen molar-refractivity contribution in [2.24, 2.45) is 0 Å². The molecule has 0 radical (unpaired) electrons. The van der Waals surface area contributed by atoms with Crippen LogP contribution in [0.15, 0.2) is 103 Å². The van der Waals surface area contributed by atoms with Crippen LogP contribution in [0, 0.1) is 0 Å². The van der Waals surface area contributed by atoms with Gasteiger partial charge in [-0.2, -0.15) is 0 Å². The fourth-order valence-corrected chi connectivity index (χ4v) is 4.65. The van der Waals surface area contributed by atoms with Gasteiger partial charge >= 0.3 is 0 Å². The summed E-state index contributed by atoms with van der Waals surface area (Å²) in [5, 5.41) is 2.89. The van der Waals surface area contributed by atoms with Gasteiger partial charge in [0.2, 0.25) is 0 Å². The second-order valence-corrected chi connectivity index (χ2v) is 8.81. The normalized spacial score (nSPS) is 15.3. The first kappa shape index (κ1) is 22.8. The van der Waals surface area contributed by atoms with Crippen molar-refractivity contribution in [3.63, 3.8) is 0 Å². The van der Waals surface area contributed by atoms with Crippen LogP contribution in [0.1, 0.15) is 33.9 Å². The monoisotopic (exact) mass is 463 g/mol. The molecule has 1 atom stereocenters. The average molecular weight is 464 g/mol. The van der Waals surface area contributed by atoms with Gasteiger partial charge in [-0.3, -0.25) is 14.7 Å². The van der Waals surface area contributed by atoms with E-state index in [1.54, 1.807) is 12.4 Å². The molecule has 5 heteroatoms. The lowest BCUT2D eigenvalue weighted by molar-refractivity contribution is -0.123. The molecule has 2 heterocycles. The number of hydrogen-bond donors (Lipinski definition) is 1. The van der Waals surface area contributed by atoms with Gasteiger partial charge < -0.3 is 10.1 Å². The number of fused-ring (bicyclic) bond motifs is 1. The number of pyridine rings is 1. The Morgan fingerprint density at radius 3 is 2.49 bits per heavy atom. The first-order valence-electron chi connectivity index (χ1n) is 12.0. The second kappa shape index (κ2) is 11.0. The Hall–Kier alpha value is -3.96. The van der Waals surface area contributed by atoms with Crippen molar-refractivity contribution in [3.8, 4) is 5.75 Å². The molecule has 1 unspecified atom stereocenters. The van der Waals surface area contributed by atoms with Crippen LogP contribution in [0.5, 0.6) is 5.75 Å². The van der Waals surface area contributed by atoms with E-state index in [-0.39, 0.29) is 18.6 Å². The van der Waals surface area contributed by atoms with Crippen molar-refractivity contribution in [1.82, 2.24) is 15.2 Å². The van der Waals surface area contributed by atoms with Gasteiger partial charge in [0.1, 0.15) is 5.75 Å². The molecule has 35 heavy (non-hydrogen) atoms. The Labute approximate surface area is 206 Å². The molecule has 3 aromatic carbocycles. The topological polar surface area (TPSA) is 54.5 Å². The smallest absolute Gasteiger partial charge is 0.258 e. The average Bonchev–Trinajstić information content (AvgIpc) is 2.92. The predicted molar refractivity (Wildman–Crippen MR) is 137 cm³/mol. The molecular formula is C30H29N3O2. The quantitative estimate of drug-likeness (QED) is 0.403. The first-order valence-corrected chi connectivity index (χ1v) is 12.0. The summed E-state index contributed by atoms with van der Waals surface area (Å²) < 4.78 is 5.91. The highest BCUT2D eigenvalue weighted by Gasteiger charge is 2.29. The number of nitrogens with one attached hydrogen (secondary N) is 1. The van der Waals surface area contributed by atoms with E-state index in [4.69, 9.17) is 4.74 Å². The number of hydrogen-bond acceptors (Lipinski definition) is 4. The fourth-order valence-electron chi connectivity index (χ4n) is 4.65. The van der Waals surface area contributed by atoms with Gasteiger partial charge in [0.05, 0.1) is 6.04 Å². The van der Waals surface area contributed by atoms with Crippen molar-refractivity contribution in [3.05, 3.63) is 131 Å². The minimum atomic E-state index is -0.156. The summed E-state index contributed by atoms with van der Waals surface area (Å²) >= 11 is 0. The zero-order valence-corrected chi connectivity index (χ0v) is 19.6. The number of aromatic nitrogens is 1. The number of nitrogens with zero attached hydrogens (tertiary/aromatic N) is 2. The molecule has 5 nitrogen and oxygen atoms in total. The standard InChI is InChI=1S/C30H29N3O2/c34-29(32-20-24-10-7-16-31-19-24)22-35-27-14-13-25-15-17-33(21-23-8-3-1-4-9-23)30(28(25)18-27)26-11-5-2-6-12-26/h1-14,16,18-19,30H,15,17,20-22H2,(H,32,34). The van der Waals surface area contributed by atoms with E-state index in [0.29, 0.717) is 12.3 Å². The van der Waals surface area contributed by atoms with Gasteiger partial charge in [-0.15, -0.1) is 0 Å². The van der Waals surface area contributed by atoms with Gasteiger partial charge in [-0.05, 0) is 52.4 Å². The van der Waals surface area contributed by atoms with Crippen LogP contribution in [0.25, 0.3) is 0 Å². The largest absolute Gasteiger partial charge is 0.484 e. The summed E-state index contributed by atoms with van der Waals surface area (Å²) in [6, 6.07) is 31.4. The third-order valence-corrected chi connectivity index (χ3v) is 6.37. The Morgan fingerprint density at radius 1 is 0.943 bits per heavy atom. The van der Waals surface area contributed by atoms with E-state index in [9.17, 15) is 4.79 Å². The van der Waals surface area contributed by atoms with Gasteiger partial charge in [0.25, 0.3) is 5.91 Å². The lowest BCUT2D eigenvalue weighted by Gasteiger charge is -2.38. The third-order valence-electron chi connectivity index (χ3n) is 6.37. The molecule has 1 aliphatic heterocycles. The first-order chi connectivity index (χ1) is 17.3. The SMILES string of the molecule is O=C(COc1ccc2c(c1)C(c1ccccc1)N(Cc1ccccc1)CC2)NCc1cccnc1. The van der Waals surface area contributed by atoms with Crippen LogP contribution in [0.4, 0.5) is 0 Å². The highest BCUT2D eigenvalue weighted by molar-refractivity contribution is 5.77. The van der Waals surface area contributed by atoms with Crippen molar-refractivity contribution < 1.29 is 9.53 Å². The molecule has 0 saturated carbocycles. The number of carbonyl (C=O) groups is 1. The summed E-state index contributed by atoms with van der Waals surface area (Å²) in [5.41, 5.74) is 6.09. The number of amides is 1. The summed E-state index contributed by atoms with van der Waals surface area (Å²) in [5.74, 6) is 0.555. The number of rotatable bonds is 8. The van der Waals surface area contributed by atoms with E-state index in [0.717, 1.165) is 25.1 Å². The summed E-state index contributed by atoms with van der Waals surface area (Å²) in [4.78, 5) is 19.0. The summed E-state index contributed by atoms with van der Waals surface area (Å²) in [6.07, 6.45) is 4.45. The highest BCUT2D eigenvalue weighted by atomic mass is 16.5. The molecule has 1 N–H and O–H groups in total. The predicted octanol–water partition coefficient (Wildman–Crippen LogP) is 4.92. The molecule has 4 aromatic rings. The Morgan fingerprint density at radius 2 is 1.71 bits per heavy atom. The lowest BCUT2D eigenvalue weighted by Crippen LogP contribution is -2.35. The maximum atomic E-state index is 12.4. The van der Waals surface area contributed by atoms with Crippen LogP contribution in [-0.4, -0.2) is 28.9 Å². The molecule has 0 fully saturated rings. The molecule has 1 amide bonds. The highest BCUT2D eigenvalue weighted by Crippen LogP contribution is 2.37. The Kier molecular flexibility index (Phi) is 7.16. The summed E-state index contributed by atoms with van der Waals surface area (Å²) in [7, 11) is 0. The van der Waals surface area contributed by atoms with E-state index in [1.165, 1.54) is 22.3 Å². The molecule has 176 valence electrons. The second-order valence-electron chi connectivity index (χ2n) is 8.81. The Bertz CT molecular complexity index is 1250. The maximum absolute atomic E-state index is 12.4. The van der Waals surface area contributed by atoms with Crippen molar-refractivity contribution >= 4 is 5.91 Å². The minimum absolute atomic E-state index is 0.0250. The summed E-state index contributed by atoms with van der Waals surface area (Å²) in [6.45, 7) is 2.27. The minimum Gasteiger partial charge on any atom is -0.484 e. The molecule has 1 aromatic heterocycles. The van der Waals surface area contributed by atoms with Crippen LogP contribution < -0.4 is 10.1 Å². The zero-order valence-electron chi connectivity index (χ0n) is 19.6. The van der Waals surface area contributed by atoms with E-state index in [1.807, 2.05) is 18.2 Å². The van der Waals surface area contributed by atoms with Crippen LogP contribution >= 0.6 is 0 Å². The molecule has 0 aliphatic carbocycles. The third kappa shape index (κ3) is 5.76. The van der Waals surface area contributed by atoms with E-state index >= 15 is 0 Å². The van der Waals surface area contributed by atoms with E-state index in [2.05, 4.69) is 88.0 Å². The van der Waals surface area contributed by atoms with Gasteiger partial charge in [-0.1, -0.05) is 72.8 Å². The van der Waals surface area contributed by atoms with Gasteiger partial charge in [-0.25, -0.2) is 0 Å². The molecule has 0 bridgehead atoms. The van der Waals surface area contributed by atoms with Crippen LogP contribution in [-0.2, 0) is 24.3 Å². The molecule has 0 saturated heterocycles. The van der Waals surface area contributed by atoms with Gasteiger partial charge in [0.15, 0.2) is 6.61 Å². The zero-order chi connectivity index (χ0) is 23.9. The molecule has 0 spiro atoms. The maximum Gasteiger partial charge on any atom is 0.258 e. The molecule has 5 rings (SSSR count). The van der Waals surface area contributed by atoms with Crippen molar-refractivity contribution in [2.45, 2.75) is 25.6 Å². The fraction of sp³-hybridized carbons (Fsp3) is 0.200. The van der Waals surface area contributed by atoms with Crippen molar-refractivity contribution in [1.29, 1.82) is 0 Å². The number of ether oxygens (including phenoxy) is 1. The number of benzene rings is 3. The molecular weight excluding hydrogens is 434 g/mol. The van der Waals surface area contributed by atoms with Crippen molar-refractivity contribution in [2.75, 3.05) is 13.2 Å². The van der Waals surface area contributed by atoms with Crippen LogP contribution in [0.3, 0.4) is 0 Å². The molecule has 1 aliphatic rings. The van der Waals surface area contributed by atoms with E-state index < -0.39 is 0 Å². The lowest BCUT2D eigenvalue weighted by atomic mass is 9.87. The van der Waals surface area contributed by atoms with Gasteiger partial charge in [0, 0.05) is 32.0 Å².